The van der Waals surface area contributed by atoms with Gasteiger partial charge in [0.1, 0.15) is 18.1 Å². The number of aromatic nitrogens is 3. The fourth-order valence-corrected chi connectivity index (χ4v) is 4.45. The van der Waals surface area contributed by atoms with Crippen molar-refractivity contribution in [2.45, 2.75) is 83.7 Å². The number of aryl methyl sites for hydroxylation is 1. The third kappa shape index (κ3) is 5.59. The summed E-state index contributed by atoms with van der Waals surface area (Å²) in [6.07, 6.45) is 5.85. The van der Waals surface area contributed by atoms with Crippen LogP contribution in [0.3, 0.4) is 0 Å². The minimum absolute atomic E-state index is 0.160. The molecule has 8 nitrogen and oxygen atoms in total. The van der Waals surface area contributed by atoms with Crippen molar-refractivity contribution >= 4 is 5.96 Å². The first-order chi connectivity index (χ1) is 15.5. The van der Waals surface area contributed by atoms with Crippen LogP contribution in [0.25, 0.3) is 0 Å². The summed E-state index contributed by atoms with van der Waals surface area (Å²) in [6.45, 7) is 7.34. The summed E-state index contributed by atoms with van der Waals surface area (Å²) in [5.41, 5.74) is 1.18. The summed E-state index contributed by atoms with van der Waals surface area (Å²) < 4.78 is 13.8. The maximum absolute atomic E-state index is 6.02. The number of para-hydroxylation sites is 1. The number of aliphatic imine (C=N–C) groups is 1. The second-order valence-corrected chi connectivity index (χ2v) is 9.06. The van der Waals surface area contributed by atoms with Crippen LogP contribution in [-0.4, -0.2) is 45.6 Å². The van der Waals surface area contributed by atoms with Crippen molar-refractivity contribution in [2.75, 3.05) is 6.61 Å². The van der Waals surface area contributed by atoms with Crippen molar-refractivity contribution in [3.63, 3.8) is 0 Å². The van der Waals surface area contributed by atoms with Crippen molar-refractivity contribution in [3.8, 4) is 5.75 Å². The highest BCUT2D eigenvalue weighted by Gasteiger charge is 2.26. The van der Waals surface area contributed by atoms with Gasteiger partial charge in [-0.3, -0.25) is 0 Å². The predicted molar refractivity (Wildman–Crippen MR) is 125 cm³/mol. The van der Waals surface area contributed by atoms with Crippen LogP contribution in [0.4, 0.5) is 0 Å². The molecule has 8 heteroatoms. The number of fused-ring (bicyclic) bond motifs is 1. The SMILES string of the molecule is Cc1nnc(CN=C(NC2CCC(OC(C)C)CC2)NC2CCOc3ccccc32)n1C. The van der Waals surface area contributed by atoms with E-state index in [1.54, 1.807) is 0 Å². The highest BCUT2D eigenvalue weighted by atomic mass is 16.5. The van der Waals surface area contributed by atoms with Crippen molar-refractivity contribution in [3.05, 3.63) is 41.5 Å². The van der Waals surface area contributed by atoms with Crippen LogP contribution >= 0.6 is 0 Å². The van der Waals surface area contributed by atoms with E-state index in [4.69, 9.17) is 14.5 Å². The molecule has 2 aliphatic rings. The Morgan fingerprint density at radius 1 is 1.16 bits per heavy atom. The van der Waals surface area contributed by atoms with E-state index in [2.05, 4.69) is 46.8 Å². The molecule has 1 aromatic carbocycles. The zero-order valence-corrected chi connectivity index (χ0v) is 19.7. The Labute approximate surface area is 190 Å². The molecule has 0 amide bonds. The molecule has 0 spiro atoms. The number of guanidine groups is 1. The number of hydrogen-bond donors (Lipinski definition) is 2. The summed E-state index contributed by atoms with van der Waals surface area (Å²) in [5, 5.41) is 15.8. The number of benzene rings is 1. The standard InChI is InChI=1S/C24H36N6O2/c1-16(2)32-19-11-9-18(10-12-19)26-24(25-15-23-29-28-17(3)30(23)4)27-21-13-14-31-22-8-6-5-7-20(21)22/h5-8,16,18-19,21H,9-15H2,1-4H3,(H2,25,26,27). The monoisotopic (exact) mass is 440 g/mol. The van der Waals surface area contributed by atoms with E-state index in [0.29, 0.717) is 25.3 Å². The van der Waals surface area contributed by atoms with E-state index < -0.39 is 0 Å². The minimum Gasteiger partial charge on any atom is -0.493 e. The Morgan fingerprint density at radius 3 is 2.66 bits per heavy atom. The highest BCUT2D eigenvalue weighted by Crippen LogP contribution is 2.31. The van der Waals surface area contributed by atoms with Gasteiger partial charge in [0.15, 0.2) is 11.8 Å². The maximum atomic E-state index is 6.02. The summed E-state index contributed by atoms with van der Waals surface area (Å²) in [6, 6.07) is 8.78. The summed E-state index contributed by atoms with van der Waals surface area (Å²) >= 11 is 0. The lowest BCUT2D eigenvalue weighted by Crippen LogP contribution is -2.47. The van der Waals surface area contributed by atoms with E-state index in [1.807, 2.05) is 30.7 Å². The van der Waals surface area contributed by atoms with Crippen molar-refractivity contribution < 1.29 is 9.47 Å². The molecule has 32 heavy (non-hydrogen) atoms. The highest BCUT2D eigenvalue weighted by molar-refractivity contribution is 5.80. The van der Waals surface area contributed by atoms with E-state index >= 15 is 0 Å². The number of nitrogens with one attached hydrogen (secondary N) is 2. The van der Waals surface area contributed by atoms with Gasteiger partial charge in [-0.2, -0.15) is 0 Å². The molecule has 1 unspecified atom stereocenters. The van der Waals surface area contributed by atoms with E-state index in [-0.39, 0.29) is 12.1 Å². The Hall–Kier alpha value is -2.61. The average molecular weight is 441 g/mol. The second kappa shape index (κ2) is 10.3. The zero-order chi connectivity index (χ0) is 22.5. The van der Waals surface area contributed by atoms with E-state index in [1.165, 1.54) is 5.56 Å². The Kier molecular flexibility index (Phi) is 7.29. The van der Waals surface area contributed by atoms with Gasteiger partial charge in [0.05, 0.1) is 24.9 Å². The first kappa shape index (κ1) is 22.6. The van der Waals surface area contributed by atoms with Crippen molar-refractivity contribution in [1.82, 2.24) is 25.4 Å². The molecular formula is C24H36N6O2. The third-order valence-electron chi connectivity index (χ3n) is 6.31. The van der Waals surface area contributed by atoms with Gasteiger partial charge in [-0.05, 0) is 52.5 Å². The van der Waals surface area contributed by atoms with E-state index in [0.717, 1.165) is 55.5 Å². The summed E-state index contributed by atoms with van der Waals surface area (Å²) in [4.78, 5) is 4.90. The third-order valence-corrected chi connectivity index (χ3v) is 6.31. The van der Waals surface area contributed by atoms with Gasteiger partial charge in [0, 0.05) is 25.1 Å². The van der Waals surface area contributed by atoms with Gasteiger partial charge in [0.25, 0.3) is 0 Å². The molecule has 0 bridgehead atoms. The van der Waals surface area contributed by atoms with Crippen LogP contribution in [0.1, 0.15) is 69.2 Å². The molecule has 0 radical (unpaired) electrons. The maximum Gasteiger partial charge on any atom is 0.192 e. The van der Waals surface area contributed by atoms with Gasteiger partial charge in [-0.25, -0.2) is 4.99 Å². The largest absolute Gasteiger partial charge is 0.493 e. The molecule has 2 aromatic rings. The fourth-order valence-electron chi connectivity index (χ4n) is 4.45. The van der Waals surface area contributed by atoms with Crippen LogP contribution in [0, 0.1) is 6.92 Å². The first-order valence-electron chi connectivity index (χ1n) is 11.8. The molecule has 1 aromatic heterocycles. The molecule has 1 atom stereocenters. The topological polar surface area (TPSA) is 85.6 Å². The van der Waals surface area contributed by atoms with Gasteiger partial charge in [-0.15, -0.1) is 10.2 Å². The van der Waals surface area contributed by atoms with Crippen LogP contribution in [0.5, 0.6) is 5.75 Å². The Morgan fingerprint density at radius 2 is 1.94 bits per heavy atom. The van der Waals surface area contributed by atoms with Crippen LogP contribution in [-0.2, 0) is 18.3 Å². The van der Waals surface area contributed by atoms with Gasteiger partial charge in [0.2, 0.25) is 0 Å². The average Bonchev–Trinajstić information content (AvgIpc) is 3.11. The van der Waals surface area contributed by atoms with Crippen molar-refractivity contribution in [1.29, 1.82) is 0 Å². The van der Waals surface area contributed by atoms with Crippen LogP contribution < -0.4 is 15.4 Å². The van der Waals surface area contributed by atoms with Crippen molar-refractivity contribution in [2.24, 2.45) is 12.0 Å². The summed E-state index contributed by atoms with van der Waals surface area (Å²) in [7, 11) is 1.98. The first-order valence-corrected chi connectivity index (χ1v) is 11.8. The van der Waals surface area contributed by atoms with Gasteiger partial charge < -0.3 is 24.7 Å². The molecule has 4 rings (SSSR count). The predicted octanol–water partition coefficient (Wildman–Crippen LogP) is 3.42. The van der Waals surface area contributed by atoms with Crippen LogP contribution in [0.2, 0.25) is 0 Å². The number of rotatable bonds is 6. The lowest BCUT2D eigenvalue weighted by molar-refractivity contribution is -0.0152. The molecule has 2 N–H and O–H groups in total. The normalized spacial score (nSPS) is 23.5. The molecule has 1 fully saturated rings. The molecule has 1 saturated carbocycles. The number of nitrogens with zero attached hydrogens (tertiary/aromatic N) is 4. The Bertz CT molecular complexity index is 917. The zero-order valence-electron chi connectivity index (χ0n) is 19.7. The fraction of sp³-hybridized carbons (Fsp3) is 0.625. The number of ether oxygens (including phenoxy) is 2. The van der Waals surface area contributed by atoms with Crippen LogP contribution in [0.15, 0.2) is 29.3 Å². The lowest BCUT2D eigenvalue weighted by atomic mass is 9.93. The lowest BCUT2D eigenvalue weighted by Gasteiger charge is -2.33. The summed E-state index contributed by atoms with van der Waals surface area (Å²) in [5.74, 6) is 3.51. The second-order valence-electron chi connectivity index (χ2n) is 9.06. The molecule has 1 aliphatic carbocycles. The molecular weight excluding hydrogens is 404 g/mol. The van der Waals surface area contributed by atoms with Gasteiger partial charge >= 0.3 is 0 Å². The molecule has 174 valence electrons. The van der Waals surface area contributed by atoms with E-state index in [9.17, 15) is 0 Å². The number of hydrogen-bond acceptors (Lipinski definition) is 5. The molecule has 2 heterocycles. The molecule has 1 aliphatic heterocycles. The quantitative estimate of drug-likeness (QED) is 0.529. The van der Waals surface area contributed by atoms with Gasteiger partial charge in [-0.1, -0.05) is 18.2 Å². The molecule has 0 saturated heterocycles. The smallest absolute Gasteiger partial charge is 0.192 e. The Balaban J connectivity index is 1.46. The minimum atomic E-state index is 0.160.